The minimum Gasteiger partial charge on any atom is -0.389 e. The molecule has 0 heterocycles. The van der Waals surface area contributed by atoms with Gasteiger partial charge in [0.2, 0.25) is 0 Å². The number of hydrogen-bond donors (Lipinski definition) is 1. The van der Waals surface area contributed by atoms with E-state index in [1.54, 1.807) is 11.9 Å². The third-order valence-electron chi connectivity index (χ3n) is 3.95. The summed E-state index contributed by atoms with van der Waals surface area (Å²) < 4.78 is 0. The van der Waals surface area contributed by atoms with Crippen molar-refractivity contribution in [2.24, 2.45) is 0 Å². The molecule has 1 N–H and O–H groups in total. The Morgan fingerprint density at radius 2 is 2.00 bits per heavy atom. The van der Waals surface area contributed by atoms with Crippen LogP contribution in [0.1, 0.15) is 54.9 Å². The van der Waals surface area contributed by atoms with Gasteiger partial charge in [0, 0.05) is 19.2 Å². The van der Waals surface area contributed by atoms with Gasteiger partial charge in [-0.25, -0.2) is 0 Å². The van der Waals surface area contributed by atoms with Crippen LogP contribution in [0.25, 0.3) is 0 Å². The van der Waals surface area contributed by atoms with E-state index in [1.165, 1.54) is 11.6 Å². The van der Waals surface area contributed by atoms with Crippen LogP contribution in [0.3, 0.4) is 0 Å². The first-order valence-corrected chi connectivity index (χ1v) is 7.65. The highest BCUT2D eigenvalue weighted by Gasteiger charge is 2.12. The monoisotopic (exact) mass is 289 g/mol. The summed E-state index contributed by atoms with van der Waals surface area (Å²) in [7, 11) is 1.80. The predicted octanol–water partition coefficient (Wildman–Crippen LogP) is 3.60. The molecule has 0 bridgehead atoms. The lowest BCUT2D eigenvalue weighted by Crippen LogP contribution is -2.28. The lowest BCUT2D eigenvalue weighted by molar-refractivity contribution is 0.0787. The van der Waals surface area contributed by atoms with Crippen molar-refractivity contribution in [3.8, 4) is 0 Å². The lowest BCUT2D eigenvalue weighted by Gasteiger charge is -2.18. The third kappa shape index (κ3) is 5.35. The van der Waals surface area contributed by atoms with Crippen LogP contribution in [0.4, 0.5) is 0 Å². The fourth-order valence-corrected chi connectivity index (χ4v) is 2.17. The highest BCUT2D eigenvalue weighted by atomic mass is 16.3. The van der Waals surface area contributed by atoms with Gasteiger partial charge in [0.25, 0.3) is 5.91 Å². The molecule has 1 aromatic carbocycles. The van der Waals surface area contributed by atoms with Crippen LogP contribution in [0.15, 0.2) is 36.9 Å². The van der Waals surface area contributed by atoms with Gasteiger partial charge in [-0.2, -0.15) is 0 Å². The van der Waals surface area contributed by atoms with Gasteiger partial charge in [-0.15, -0.1) is 6.58 Å². The Labute approximate surface area is 128 Å². The Hall–Kier alpha value is -1.61. The van der Waals surface area contributed by atoms with Gasteiger partial charge in [-0.05, 0) is 42.9 Å². The SMILES string of the molecule is C=CC(O)CCCN(C)C(=O)c1ccc(C(C)CC)cc1. The second kappa shape index (κ2) is 8.63. The second-order valence-electron chi connectivity index (χ2n) is 5.60. The summed E-state index contributed by atoms with van der Waals surface area (Å²) in [6, 6.07) is 7.88. The fourth-order valence-electron chi connectivity index (χ4n) is 2.17. The zero-order valence-corrected chi connectivity index (χ0v) is 13.4. The van der Waals surface area contributed by atoms with Crippen LogP contribution in [-0.4, -0.2) is 35.6 Å². The van der Waals surface area contributed by atoms with Gasteiger partial charge in [0.1, 0.15) is 0 Å². The number of aliphatic hydroxyl groups excluding tert-OH is 1. The lowest BCUT2D eigenvalue weighted by atomic mass is 9.97. The highest BCUT2D eigenvalue weighted by Crippen LogP contribution is 2.19. The summed E-state index contributed by atoms with van der Waals surface area (Å²) in [6.45, 7) is 8.53. The van der Waals surface area contributed by atoms with Crippen molar-refractivity contribution in [3.05, 3.63) is 48.0 Å². The van der Waals surface area contributed by atoms with Gasteiger partial charge < -0.3 is 10.0 Å². The van der Waals surface area contributed by atoms with Crippen molar-refractivity contribution in [1.29, 1.82) is 0 Å². The summed E-state index contributed by atoms with van der Waals surface area (Å²) in [5, 5.41) is 9.41. The van der Waals surface area contributed by atoms with Crippen LogP contribution >= 0.6 is 0 Å². The van der Waals surface area contributed by atoms with E-state index in [9.17, 15) is 9.90 Å². The first-order valence-electron chi connectivity index (χ1n) is 7.65. The molecule has 0 aromatic heterocycles. The first kappa shape index (κ1) is 17.4. The first-order chi connectivity index (χ1) is 9.99. The number of carbonyl (C=O) groups excluding carboxylic acids is 1. The molecule has 3 heteroatoms. The molecule has 3 nitrogen and oxygen atoms in total. The molecule has 2 unspecified atom stereocenters. The van der Waals surface area contributed by atoms with Gasteiger partial charge in [-0.1, -0.05) is 32.1 Å². The van der Waals surface area contributed by atoms with Crippen LogP contribution < -0.4 is 0 Å². The average Bonchev–Trinajstić information content (AvgIpc) is 2.53. The van der Waals surface area contributed by atoms with Gasteiger partial charge in [-0.3, -0.25) is 4.79 Å². The molecule has 0 aliphatic carbocycles. The number of amides is 1. The van der Waals surface area contributed by atoms with Gasteiger partial charge in [0.15, 0.2) is 0 Å². The van der Waals surface area contributed by atoms with E-state index in [0.29, 0.717) is 24.4 Å². The third-order valence-corrected chi connectivity index (χ3v) is 3.95. The molecular weight excluding hydrogens is 262 g/mol. The number of carbonyl (C=O) groups is 1. The molecule has 2 atom stereocenters. The molecule has 0 saturated heterocycles. The van der Waals surface area contributed by atoms with E-state index in [2.05, 4.69) is 20.4 Å². The van der Waals surface area contributed by atoms with Crippen LogP contribution in [0.2, 0.25) is 0 Å². The van der Waals surface area contributed by atoms with E-state index < -0.39 is 6.10 Å². The summed E-state index contributed by atoms with van der Waals surface area (Å²) in [5.41, 5.74) is 1.99. The zero-order chi connectivity index (χ0) is 15.8. The van der Waals surface area contributed by atoms with E-state index in [-0.39, 0.29) is 5.91 Å². The molecule has 0 saturated carbocycles. The number of benzene rings is 1. The number of nitrogens with zero attached hydrogens (tertiary/aromatic N) is 1. The maximum Gasteiger partial charge on any atom is 0.253 e. The largest absolute Gasteiger partial charge is 0.389 e. The summed E-state index contributed by atoms with van der Waals surface area (Å²) in [5.74, 6) is 0.547. The number of aliphatic hydroxyl groups is 1. The Bertz CT molecular complexity index is 453. The molecule has 1 aromatic rings. The molecule has 0 radical (unpaired) electrons. The topological polar surface area (TPSA) is 40.5 Å². The van der Waals surface area contributed by atoms with Crippen LogP contribution in [0, 0.1) is 0 Å². The van der Waals surface area contributed by atoms with E-state index >= 15 is 0 Å². The van der Waals surface area contributed by atoms with Crippen molar-refractivity contribution in [1.82, 2.24) is 4.90 Å². The Morgan fingerprint density at radius 1 is 1.38 bits per heavy atom. The smallest absolute Gasteiger partial charge is 0.253 e. The second-order valence-corrected chi connectivity index (χ2v) is 5.60. The number of rotatable bonds is 8. The van der Waals surface area contributed by atoms with E-state index in [1.807, 2.05) is 24.3 Å². The molecule has 21 heavy (non-hydrogen) atoms. The summed E-state index contributed by atoms with van der Waals surface area (Å²) in [6.07, 6.45) is 3.53. The Balaban J connectivity index is 2.55. The van der Waals surface area contributed by atoms with Crippen LogP contribution in [0.5, 0.6) is 0 Å². The van der Waals surface area contributed by atoms with Crippen molar-refractivity contribution >= 4 is 5.91 Å². The average molecular weight is 289 g/mol. The molecule has 0 fully saturated rings. The van der Waals surface area contributed by atoms with Crippen molar-refractivity contribution < 1.29 is 9.90 Å². The zero-order valence-electron chi connectivity index (χ0n) is 13.4. The standard InChI is InChI=1S/C18H27NO2/c1-5-14(3)15-9-11-16(12-10-15)18(21)19(4)13-7-8-17(20)6-2/h6,9-12,14,17,20H,2,5,7-8,13H2,1,3-4H3. The Morgan fingerprint density at radius 3 is 2.52 bits per heavy atom. The van der Waals surface area contributed by atoms with E-state index in [4.69, 9.17) is 0 Å². The molecule has 1 amide bonds. The fraction of sp³-hybridized carbons (Fsp3) is 0.500. The summed E-state index contributed by atoms with van der Waals surface area (Å²) >= 11 is 0. The minimum atomic E-state index is -0.483. The molecule has 0 aliphatic rings. The molecule has 1 rings (SSSR count). The maximum absolute atomic E-state index is 12.3. The van der Waals surface area contributed by atoms with Crippen LogP contribution in [-0.2, 0) is 0 Å². The molecule has 0 aliphatic heterocycles. The number of hydrogen-bond acceptors (Lipinski definition) is 2. The van der Waals surface area contributed by atoms with Gasteiger partial charge in [0.05, 0.1) is 6.10 Å². The van der Waals surface area contributed by atoms with Gasteiger partial charge >= 0.3 is 0 Å². The predicted molar refractivity (Wildman–Crippen MR) is 87.5 cm³/mol. The Kier molecular flexibility index (Phi) is 7.17. The molecule has 116 valence electrons. The molecule has 0 spiro atoms. The quantitative estimate of drug-likeness (QED) is 0.743. The summed E-state index contributed by atoms with van der Waals surface area (Å²) in [4.78, 5) is 14.0. The van der Waals surface area contributed by atoms with Crippen molar-refractivity contribution in [2.75, 3.05) is 13.6 Å². The van der Waals surface area contributed by atoms with Crippen molar-refractivity contribution in [3.63, 3.8) is 0 Å². The molecular formula is C18H27NO2. The normalized spacial score (nSPS) is 13.5. The minimum absolute atomic E-state index is 0.0267. The van der Waals surface area contributed by atoms with E-state index in [0.717, 1.165) is 12.8 Å². The highest BCUT2D eigenvalue weighted by molar-refractivity contribution is 5.94. The maximum atomic E-state index is 12.3. The van der Waals surface area contributed by atoms with Crippen molar-refractivity contribution in [2.45, 2.75) is 45.1 Å².